The summed E-state index contributed by atoms with van der Waals surface area (Å²) in [5.41, 5.74) is 1.12. The van der Waals surface area contributed by atoms with Gasteiger partial charge in [0.25, 0.3) is 0 Å². The second-order valence-corrected chi connectivity index (χ2v) is 8.80. The third-order valence-electron chi connectivity index (χ3n) is 6.22. The number of hydrogen-bond acceptors (Lipinski definition) is 4. The zero-order chi connectivity index (χ0) is 21.2. The molecule has 0 bridgehead atoms. The van der Waals surface area contributed by atoms with Crippen molar-refractivity contribution >= 4 is 5.96 Å². The van der Waals surface area contributed by atoms with Crippen molar-refractivity contribution in [2.75, 3.05) is 39.3 Å². The average Bonchev–Trinajstić information content (AvgIpc) is 3.43. The maximum absolute atomic E-state index is 10.3. The van der Waals surface area contributed by atoms with E-state index in [4.69, 9.17) is 4.74 Å². The van der Waals surface area contributed by atoms with Gasteiger partial charge in [-0.3, -0.25) is 4.99 Å². The monoisotopic (exact) mass is 416 g/mol. The lowest BCUT2D eigenvalue weighted by Gasteiger charge is -2.21. The molecule has 1 heterocycles. The van der Waals surface area contributed by atoms with Gasteiger partial charge in [0.2, 0.25) is 0 Å². The van der Waals surface area contributed by atoms with Crippen molar-refractivity contribution in [2.45, 2.75) is 64.2 Å². The second-order valence-electron chi connectivity index (χ2n) is 8.80. The van der Waals surface area contributed by atoms with Crippen molar-refractivity contribution in [3.63, 3.8) is 0 Å². The Labute approximate surface area is 182 Å². The molecule has 3 rings (SSSR count). The molecule has 1 aliphatic carbocycles. The molecule has 3 atom stereocenters. The standard InChI is InChI=1S/C24H40N4O2/c1-3-25-24(27-22-13-14-28(17-22)16-20-9-7-8-10-20)26-15-23(29)18-30-19(2)21-11-5-4-6-12-21/h4-6,11-12,19-20,22-23,29H,3,7-10,13-18H2,1-2H3,(H2,25,26,27). The normalized spacial score (nSPS) is 22.9. The third kappa shape index (κ3) is 7.56. The molecule has 0 aromatic heterocycles. The molecule has 0 radical (unpaired) electrons. The summed E-state index contributed by atoms with van der Waals surface area (Å²) in [6, 6.07) is 10.5. The van der Waals surface area contributed by atoms with Crippen LogP contribution in [-0.2, 0) is 4.74 Å². The van der Waals surface area contributed by atoms with Gasteiger partial charge in [0, 0.05) is 32.2 Å². The third-order valence-corrected chi connectivity index (χ3v) is 6.22. The summed E-state index contributed by atoms with van der Waals surface area (Å²) in [5, 5.41) is 17.2. The molecule has 0 amide bonds. The molecule has 0 spiro atoms. The maximum atomic E-state index is 10.3. The van der Waals surface area contributed by atoms with Crippen LogP contribution in [0.15, 0.2) is 35.3 Å². The Morgan fingerprint density at radius 1 is 1.23 bits per heavy atom. The topological polar surface area (TPSA) is 69.1 Å². The SMILES string of the molecule is CCNC(=NCC(O)COC(C)c1ccccc1)NC1CCN(CC2CCCC2)C1. The zero-order valence-electron chi connectivity index (χ0n) is 18.7. The number of nitrogens with one attached hydrogen (secondary N) is 2. The van der Waals surface area contributed by atoms with Crippen LogP contribution in [0.4, 0.5) is 0 Å². The van der Waals surface area contributed by atoms with E-state index in [1.807, 2.05) is 37.3 Å². The van der Waals surface area contributed by atoms with Crippen LogP contribution in [0.5, 0.6) is 0 Å². The molecule has 6 nitrogen and oxygen atoms in total. The van der Waals surface area contributed by atoms with Crippen LogP contribution >= 0.6 is 0 Å². The van der Waals surface area contributed by atoms with Gasteiger partial charge in [-0.05, 0) is 44.6 Å². The summed E-state index contributed by atoms with van der Waals surface area (Å²) in [6.07, 6.45) is 6.12. The first kappa shape index (κ1) is 23.0. The lowest BCUT2D eigenvalue weighted by atomic mass is 10.1. The lowest BCUT2D eigenvalue weighted by molar-refractivity contribution is 0.00111. The Balaban J connectivity index is 1.40. The van der Waals surface area contributed by atoms with Crippen LogP contribution in [0.1, 0.15) is 57.6 Å². The number of aliphatic hydroxyl groups excluding tert-OH is 1. The number of guanidine groups is 1. The predicted octanol–water partition coefficient (Wildman–Crippen LogP) is 2.94. The number of likely N-dealkylation sites (tertiary alicyclic amines) is 1. The predicted molar refractivity (Wildman–Crippen MR) is 123 cm³/mol. The Hall–Kier alpha value is -1.63. The fourth-order valence-corrected chi connectivity index (χ4v) is 4.51. The lowest BCUT2D eigenvalue weighted by Crippen LogP contribution is -2.45. The number of benzene rings is 1. The number of rotatable bonds is 10. The number of aliphatic hydroxyl groups is 1. The van der Waals surface area contributed by atoms with Crippen LogP contribution in [-0.4, -0.2) is 67.4 Å². The van der Waals surface area contributed by atoms with E-state index in [-0.39, 0.29) is 12.7 Å². The fraction of sp³-hybridized carbons (Fsp3) is 0.708. The first-order chi connectivity index (χ1) is 14.6. The minimum atomic E-state index is -0.617. The maximum Gasteiger partial charge on any atom is 0.191 e. The average molecular weight is 417 g/mol. The molecule has 1 aromatic carbocycles. The quantitative estimate of drug-likeness (QED) is 0.404. The van der Waals surface area contributed by atoms with E-state index in [9.17, 15) is 5.11 Å². The van der Waals surface area contributed by atoms with Gasteiger partial charge in [-0.2, -0.15) is 0 Å². The molecule has 1 aliphatic heterocycles. The van der Waals surface area contributed by atoms with Gasteiger partial charge >= 0.3 is 0 Å². The van der Waals surface area contributed by atoms with Crippen molar-refractivity contribution in [1.82, 2.24) is 15.5 Å². The van der Waals surface area contributed by atoms with Gasteiger partial charge < -0.3 is 25.4 Å². The van der Waals surface area contributed by atoms with Crippen LogP contribution < -0.4 is 10.6 Å². The van der Waals surface area contributed by atoms with Gasteiger partial charge in [-0.25, -0.2) is 0 Å². The molecule has 3 N–H and O–H groups in total. The van der Waals surface area contributed by atoms with Crippen LogP contribution in [0, 0.1) is 5.92 Å². The molecule has 2 aliphatic rings. The Morgan fingerprint density at radius 2 is 2.00 bits per heavy atom. The highest BCUT2D eigenvalue weighted by Gasteiger charge is 2.26. The van der Waals surface area contributed by atoms with E-state index in [1.54, 1.807) is 0 Å². The van der Waals surface area contributed by atoms with E-state index in [1.165, 1.54) is 38.8 Å². The summed E-state index contributed by atoms with van der Waals surface area (Å²) in [5.74, 6) is 1.69. The van der Waals surface area contributed by atoms with Gasteiger partial charge in [0.05, 0.1) is 25.4 Å². The van der Waals surface area contributed by atoms with E-state index in [0.29, 0.717) is 12.6 Å². The molecule has 6 heteroatoms. The molecule has 1 aromatic rings. The Morgan fingerprint density at radius 3 is 2.73 bits per heavy atom. The first-order valence-corrected chi connectivity index (χ1v) is 11.8. The Kier molecular flexibility index (Phi) is 9.43. The van der Waals surface area contributed by atoms with E-state index in [0.717, 1.165) is 37.0 Å². The molecule has 2 fully saturated rings. The molecule has 1 saturated heterocycles. The van der Waals surface area contributed by atoms with Gasteiger partial charge in [-0.15, -0.1) is 0 Å². The number of nitrogens with zero attached hydrogens (tertiary/aromatic N) is 2. The van der Waals surface area contributed by atoms with E-state index in [2.05, 4.69) is 27.4 Å². The van der Waals surface area contributed by atoms with Crippen LogP contribution in [0.3, 0.4) is 0 Å². The molecule has 1 saturated carbocycles. The first-order valence-electron chi connectivity index (χ1n) is 11.8. The summed E-state index contributed by atoms with van der Waals surface area (Å²) in [7, 11) is 0. The van der Waals surface area contributed by atoms with Gasteiger partial charge in [0.15, 0.2) is 5.96 Å². The van der Waals surface area contributed by atoms with Crippen molar-refractivity contribution < 1.29 is 9.84 Å². The van der Waals surface area contributed by atoms with Crippen LogP contribution in [0.25, 0.3) is 0 Å². The minimum Gasteiger partial charge on any atom is -0.389 e. The zero-order valence-corrected chi connectivity index (χ0v) is 18.7. The molecular formula is C24H40N4O2. The van der Waals surface area contributed by atoms with Crippen molar-refractivity contribution in [1.29, 1.82) is 0 Å². The fourth-order valence-electron chi connectivity index (χ4n) is 4.51. The second kappa shape index (κ2) is 12.3. The summed E-state index contributed by atoms with van der Waals surface area (Å²) >= 11 is 0. The smallest absolute Gasteiger partial charge is 0.191 e. The largest absolute Gasteiger partial charge is 0.389 e. The van der Waals surface area contributed by atoms with Crippen LogP contribution in [0.2, 0.25) is 0 Å². The number of ether oxygens (including phenoxy) is 1. The highest BCUT2D eigenvalue weighted by Crippen LogP contribution is 2.26. The Bertz CT molecular complexity index is 633. The molecule has 30 heavy (non-hydrogen) atoms. The van der Waals surface area contributed by atoms with Gasteiger partial charge in [-0.1, -0.05) is 43.2 Å². The number of aliphatic imine (C=N–C) groups is 1. The van der Waals surface area contributed by atoms with Crippen molar-refractivity contribution in [3.8, 4) is 0 Å². The summed E-state index contributed by atoms with van der Waals surface area (Å²) < 4.78 is 5.83. The summed E-state index contributed by atoms with van der Waals surface area (Å²) in [6.45, 7) is 8.99. The van der Waals surface area contributed by atoms with Gasteiger partial charge in [0.1, 0.15) is 0 Å². The molecule has 3 unspecified atom stereocenters. The number of hydrogen-bond donors (Lipinski definition) is 3. The van der Waals surface area contributed by atoms with E-state index >= 15 is 0 Å². The van der Waals surface area contributed by atoms with Crippen molar-refractivity contribution in [2.24, 2.45) is 10.9 Å². The molecular weight excluding hydrogens is 376 g/mol. The minimum absolute atomic E-state index is 0.0412. The van der Waals surface area contributed by atoms with Crippen molar-refractivity contribution in [3.05, 3.63) is 35.9 Å². The highest BCUT2D eigenvalue weighted by atomic mass is 16.5. The summed E-state index contributed by atoms with van der Waals surface area (Å²) in [4.78, 5) is 7.20. The molecule has 168 valence electrons. The highest BCUT2D eigenvalue weighted by molar-refractivity contribution is 5.80. The van der Waals surface area contributed by atoms with E-state index < -0.39 is 6.10 Å².